The van der Waals surface area contributed by atoms with Gasteiger partial charge in [0, 0.05) is 17.7 Å². The largest absolute Gasteiger partial charge is 0.354 e. The minimum Gasteiger partial charge on any atom is -0.354 e. The van der Waals surface area contributed by atoms with Gasteiger partial charge in [-0.3, -0.25) is 4.90 Å². The zero-order valence-electron chi connectivity index (χ0n) is 17.2. The van der Waals surface area contributed by atoms with Gasteiger partial charge < -0.3 is 4.90 Å². The second-order valence-corrected chi connectivity index (χ2v) is 7.86. The highest BCUT2D eigenvalue weighted by Gasteiger charge is 2.50. The van der Waals surface area contributed by atoms with Crippen LogP contribution in [-0.4, -0.2) is 17.6 Å². The third kappa shape index (κ3) is 2.27. The van der Waals surface area contributed by atoms with E-state index in [2.05, 4.69) is 72.2 Å². The summed E-state index contributed by atoms with van der Waals surface area (Å²) in [5, 5.41) is 0. The summed E-state index contributed by atoms with van der Waals surface area (Å²) >= 11 is 0. The summed E-state index contributed by atoms with van der Waals surface area (Å²) in [5.74, 6) is 0.320. The van der Waals surface area contributed by atoms with Gasteiger partial charge in [-0.2, -0.15) is 0 Å². The van der Waals surface area contributed by atoms with E-state index in [-0.39, 0.29) is 12.1 Å². The fourth-order valence-corrected chi connectivity index (χ4v) is 5.21. The molecule has 2 aromatic rings. The van der Waals surface area contributed by atoms with Gasteiger partial charge >= 0.3 is 0 Å². The van der Waals surface area contributed by atoms with Crippen molar-refractivity contribution in [3.05, 3.63) is 65.2 Å². The molecule has 130 valence electrons. The number of hydrogen-bond donors (Lipinski definition) is 0. The lowest BCUT2D eigenvalue weighted by molar-refractivity contribution is 0.153. The van der Waals surface area contributed by atoms with Crippen LogP contribution in [-0.2, 0) is 0 Å². The van der Waals surface area contributed by atoms with Gasteiger partial charge in [-0.05, 0) is 55.4 Å². The molecule has 0 amide bonds. The molecule has 5 rings (SSSR count). The molecule has 0 spiro atoms. The number of benzene rings is 2. The van der Waals surface area contributed by atoms with Crippen molar-refractivity contribution < 1.29 is 2.74 Å². The molecule has 3 unspecified atom stereocenters. The standard InChI is InChI=1S/C23H28N2/c1-16-9-3-8-14-21(16)24-15-25-22(17(24)2)19-12-6-7-13-20(19)23(25)18-10-4-5-11-18/h3,6-9,12-14,17-18,22-23H,4-5,10-11,15H2,1-2H3/t17-,22?,23?/m0/s1/i15D,23D/t15?,17-,22?,23?. The van der Waals surface area contributed by atoms with E-state index < -0.39 is 12.7 Å². The van der Waals surface area contributed by atoms with Crippen molar-refractivity contribution in [1.82, 2.24) is 4.90 Å². The molecule has 2 aromatic carbocycles. The average Bonchev–Trinajstić information content (AvgIpc) is 3.35. The summed E-state index contributed by atoms with van der Waals surface area (Å²) in [6, 6.07) is 16.4. The predicted molar refractivity (Wildman–Crippen MR) is 104 cm³/mol. The summed E-state index contributed by atoms with van der Waals surface area (Å²) in [6.45, 7) is 3.82. The zero-order valence-corrected chi connectivity index (χ0v) is 15.2. The highest BCUT2D eigenvalue weighted by Crippen LogP contribution is 2.54. The van der Waals surface area contributed by atoms with Crippen LogP contribution >= 0.6 is 0 Å². The van der Waals surface area contributed by atoms with Gasteiger partial charge in [0.05, 0.1) is 15.4 Å². The van der Waals surface area contributed by atoms with E-state index in [1.165, 1.54) is 24.0 Å². The Morgan fingerprint density at radius 1 is 1.00 bits per heavy atom. The molecule has 1 aliphatic carbocycles. The molecule has 0 N–H and O–H groups in total. The molecule has 4 atom stereocenters. The van der Waals surface area contributed by atoms with Crippen molar-refractivity contribution >= 4 is 5.69 Å². The molecule has 1 saturated carbocycles. The molecule has 2 aliphatic heterocycles. The van der Waals surface area contributed by atoms with E-state index in [1.54, 1.807) is 0 Å². The molecule has 2 nitrogen and oxygen atoms in total. The van der Waals surface area contributed by atoms with Gasteiger partial charge in [-0.15, -0.1) is 0 Å². The number of para-hydroxylation sites is 1. The second-order valence-electron chi connectivity index (χ2n) is 7.86. The van der Waals surface area contributed by atoms with Crippen molar-refractivity contribution in [2.24, 2.45) is 5.92 Å². The normalized spacial score (nSPS) is 36.2. The first-order valence-electron chi connectivity index (χ1n) is 10.8. The maximum Gasteiger partial charge on any atom is 0.0722 e. The van der Waals surface area contributed by atoms with E-state index in [0.717, 1.165) is 24.1 Å². The highest BCUT2D eigenvalue weighted by atomic mass is 15.4. The zero-order chi connectivity index (χ0) is 18.8. The van der Waals surface area contributed by atoms with E-state index in [1.807, 2.05) is 0 Å². The first-order chi connectivity index (χ1) is 13.0. The third-order valence-electron chi connectivity index (χ3n) is 6.41. The molecule has 25 heavy (non-hydrogen) atoms. The summed E-state index contributed by atoms with van der Waals surface area (Å²) in [6.07, 6.45) is 4.64. The van der Waals surface area contributed by atoms with Crippen LogP contribution in [0.5, 0.6) is 0 Å². The van der Waals surface area contributed by atoms with E-state index in [4.69, 9.17) is 0 Å². The summed E-state index contributed by atoms with van der Waals surface area (Å²) in [7, 11) is 0. The minimum atomic E-state index is -0.782. The van der Waals surface area contributed by atoms with Crippen LogP contribution in [0.15, 0.2) is 48.5 Å². The third-order valence-corrected chi connectivity index (χ3v) is 6.41. The van der Waals surface area contributed by atoms with Crippen LogP contribution in [0.2, 0.25) is 0 Å². The molecular formula is C23H28N2. The number of fused-ring (bicyclic) bond motifs is 3. The van der Waals surface area contributed by atoms with Crippen LogP contribution in [0.1, 0.15) is 64.1 Å². The Kier molecular flexibility index (Phi) is 3.15. The van der Waals surface area contributed by atoms with Crippen LogP contribution in [0.4, 0.5) is 5.69 Å². The maximum absolute atomic E-state index is 9.69. The summed E-state index contributed by atoms with van der Waals surface area (Å²) in [5.41, 5.74) is 4.74. The Bertz CT molecular complexity index is 863. The van der Waals surface area contributed by atoms with Gasteiger partial charge in [0.15, 0.2) is 0 Å². The van der Waals surface area contributed by atoms with E-state index in [0.29, 0.717) is 5.92 Å². The van der Waals surface area contributed by atoms with Crippen molar-refractivity contribution in [1.29, 1.82) is 0 Å². The van der Waals surface area contributed by atoms with Crippen molar-refractivity contribution in [2.45, 2.75) is 57.6 Å². The van der Waals surface area contributed by atoms with Gasteiger partial charge in [-0.1, -0.05) is 55.3 Å². The Hall–Kier alpha value is -1.80. The Morgan fingerprint density at radius 2 is 1.68 bits per heavy atom. The van der Waals surface area contributed by atoms with Crippen molar-refractivity contribution in [3.63, 3.8) is 0 Å². The molecule has 1 saturated heterocycles. The molecule has 3 aliphatic rings. The smallest absolute Gasteiger partial charge is 0.0722 e. The Morgan fingerprint density at radius 3 is 2.44 bits per heavy atom. The van der Waals surface area contributed by atoms with Crippen molar-refractivity contribution in [2.75, 3.05) is 11.5 Å². The van der Waals surface area contributed by atoms with Gasteiger partial charge in [-0.25, -0.2) is 0 Å². The van der Waals surface area contributed by atoms with Crippen molar-refractivity contribution in [3.8, 4) is 0 Å². The fourth-order valence-electron chi connectivity index (χ4n) is 5.21. The monoisotopic (exact) mass is 334 g/mol. The molecule has 2 heteroatoms. The lowest BCUT2D eigenvalue weighted by atomic mass is 9.90. The van der Waals surface area contributed by atoms with Gasteiger partial charge in [0.25, 0.3) is 0 Å². The highest BCUT2D eigenvalue weighted by molar-refractivity contribution is 5.56. The molecule has 0 bridgehead atoms. The molecular weight excluding hydrogens is 304 g/mol. The fraction of sp³-hybridized carbons (Fsp3) is 0.478. The summed E-state index contributed by atoms with van der Waals surface area (Å²) < 4.78 is 18.9. The second kappa shape index (κ2) is 5.88. The summed E-state index contributed by atoms with van der Waals surface area (Å²) in [4.78, 5) is 4.44. The number of anilines is 1. The van der Waals surface area contributed by atoms with E-state index >= 15 is 0 Å². The maximum atomic E-state index is 9.69. The lowest BCUT2D eigenvalue weighted by Crippen LogP contribution is -2.32. The van der Waals surface area contributed by atoms with E-state index in [9.17, 15) is 2.74 Å². The topological polar surface area (TPSA) is 6.48 Å². The number of rotatable bonds is 2. The molecule has 0 aromatic heterocycles. The van der Waals surface area contributed by atoms with Crippen LogP contribution in [0.3, 0.4) is 0 Å². The quantitative estimate of drug-likeness (QED) is 0.720. The molecule has 2 heterocycles. The van der Waals surface area contributed by atoms with Gasteiger partial charge in [0.1, 0.15) is 0 Å². The SMILES string of the molecule is [2H]C1N(c2ccccc2C)[C@@H](C)C2c3ccccc3C([2H])(C3CCCC3)N21. The molecule has 0 radical (unpaired) electrons. The average molecular weight is 335 g/mol. The number of hydrogen-bond acceptors (Lipinski definition) is 2. The first kappa shape index (κ1) is 13.4. The first-order valence-corrected chi connectivity index (χ1v) is 9.69. The number of nitrogens with zero attached hydrogens (tertiary/aromatic N) is 2. The lowest BCUT2D eigenvalue weighted by Gasteiger charge is -2.30. The Labute approximate surface area is 154 Å². The predicted octanol–water partition coefficient (Wildman–Crippen LogP) is 5.45. The molecule has 2 fully saturated rings. The number of aryl methyl sites for hydroxylation is 1. The van der Waals surface area contributed by atoms with Gasteiger partial charge in [0.2, 0.25) is 0 Å². The Balaban J connectivity index is 1.66. The minimum absolute atomic E-state index is 0.112. The van der Waals surface area contributed by atoms with Crippen LogP contribution in [0, 0.1) is 12.8 Å². The van der Waals surface area contributed by atoms with Crippen LogP contribution < -0.4 is 4.90 Å². The van der Waals surface area contributed by atoms with Crippen LogP contribution in [0.25, 0.3) is 0 Å².